The molecular formula is C21H24N4O3. The number of nitrogens with one attached hydrogen (secondary N) is 1. The number of primary amides is 1. The van der Waals surface area contributed by atoms with E-state index < -0.39 is 11.8 Å². The molecule has 0 saturated carbocycles. The molecule has 3 N–H and O–H groups in total. The lowest BCUT2D eigenvalue weighted by molar-refractivity contribution is -0.115. The minimum absolute atomic E-state index is 0.205. The van der Waals surface area contributed by atoms with Crippen LogP contribution in [0.4, 0.5) is 5.69 Å². The normalized spacial score (nSPS) is 21.0. The van der Waals surface area contributed by atoms with Gasteiger partial charge in [-0.3, -0.25) is 4.79 Å². The fourth-order valence-electron chi connectivity index (χ4n) is 3.97. The van der Waals surface area contributed by atoms with Gasteiger partial charge in [0.25, 0.3) is 0 Å². The van der Waals surface area contributed by atoms with Crippen molar-refractivity contribution in [3.8, 4) is 11.9 Å². The van der Waals surface area contributed by atoms with E-state index in [1.54, 1.807) is 19.4 Å². The third kappa shape index (κ3) is 3.22. The quantitative estimate of drug-likeness (QED) is 0.812. The Bertz CT molecular complexity index is 953. The zero-order valence-electron chi connectivity index (χ0n) is 16.5. The number of rotatable bonds is 5. The van der Waals surface area contributed by atoms with Crippen molar-refractivity contribution in [2.24, 2.45) is 11.7 Å². The summed E-state index contributed by atoms with van der Waals surface area (Å²) < 4.78 is 11.4. The Morgan fingerprint density at radius 3 is 2.82 bits per heavy atom. The molecule has 0 fully saturated rings. The van der Waals surface area contributed by atoms with E-state index in [4.69, 9.17) is 15.2 Å². The van der Waals surface area contributed by atoms with Gasteiger partial charge in [-0.1, -0.05) is 6.08 Å². The van der Waals surface area contributed by atoms with Gasteiger partial charge in [0.1, 0.15) is 5.76 Å². The van der Waals surface area contributed by atoms with Crippen LogP contribution < -0.4 is 15.8 Å². The van der Waals surface area contributed by atoms with Crippen molar-refractivity contribution in [1.29, 1.82) is 5.26 Å². The number of fused-ring (bicyclic) bond motifs is 1. The second-order valence-corrected chi connectivity index (χ2v) is 6.84. The maximum Gasteiger partial charge on any atom is 0.247 e. The average molecular weight is 380 g/mol. The molecule has 0 spiro atoms. The van der Waals surface area contributed by atoms with E-state index in [9.17, 15) is 10.1 Å². The van der Waals surface area contributed by atoms with Gasteiger partial charge in [-0.2, -0.15) is 5.26 Å². The third-order valence-electron chi connectivity index (χ3n) is 5.18. The molecule has 1 aromatic rings. The van der Waals surface area contributed by atoms with E-state index >= 15 is 0 Å². The lowest BCUT2D eigenvalue weighted by Crippen LogP contribution is -2.33. The molecule has 1 unspecified atom stereocenters. The number of carbonyl (C=O) groups excluding carboxylic acids is 1. The number of nitrogens with two attached hydrogens (primary N) is 1. The molecule has 2 atom stereocenters. The number of ether oxygens (including phenoxy) is 2. The molecule has 28 heavy (non-hydrogen) atoms. The first kappa shape index (κ1) is 19.5. The zero-order chi connectivity index (χ0) is 20.4. The van der Waals surface area contributed by atoms with Crippen LogP contribution in [0.2, 0.25) is 0 Å². The van der Waals surface area contributed by atoms with Crippen molar-refractivity contribution in [2.45, 2.75) is 33.1 Å². The molecule has 1 aromatic heterocycles. The lowest BCUT2D eigenvalue weighted by atomic mass is 9.72. The van der Waals surface area contributed by atoms with Crippen LogP contribution >= 0.6 is 0 Å². The van der Waals surface area contributed by atoms with Gasteiger partial charge in [0.2, 0.25) is 11.8 Å². The number of nitriles is 1. The first-order chi connectivity index (χ1) is 13.4. The number of carbonyl (C=O) groups is 1. The van der Waals surface area contributed by atoms with Gasteiger partial charge < -0.3 is 20.5 Å². The second-order valence-electron chi connectivity index (χ2n) is 6.84. The van der Waals surface area contributed by atoms with Gasteiger partial charge in [-0.15, -0.1) is 0 Å². The molecular weight excluding hydrogens is 356 g/mol. The smallest absolute Gasteiger partial charge is 0.247 e. The third-order valence-corrected chi connectivity index (χ3v) is 5.18. The van der Waals surface area contributed by atoms with Crippen molar-refractivity contribution < 1.29 is 14.3 Å². The fraction of sp³-hybridized carbons (Fsp3) is 0.381. The zero-order valence-corrected chi connectivity index (χ0v) is 16.5. The van der Waals surface area contributed by atoms with Crippen molar-refractivity contribution in [2.75, 3.05) is 19.0 Å². The van der Waals surface area contributed by atoms with E-state index in [1.807, 2.05) is 26.8 Å². The molecule has 0 saturated heterocycles. The Hall–Kier alpha value is -3.27. The molecule has 7 heteroatoms. The molecule has 0 aromatic carbocycles. The lowest BCUT2D eigenvalue weighted by Gasteiger charge is -2.37. The van der Waals surface area contributed by atoms with Gasteiger partial charge >= 0.3 is 0 Å². The molecule has 0 radical (unpaired) electrons. The highest BCUT2D eigenvalue weighted by atomic mass is 16.5. The monoisotopic (exact) mass is 380 g/mol. The van der Waals surface area contributed by atoms with E-state index in [-0.39, 0.29) is 5.92 Å². The number of hydrogen-bond acceptors (Lipinski definition) is 6. The summed E-state index contributed by atoms with van der Waals surface area (Å²) in [5.74, 6) is -0.00603. The maximum absolute atomic E-state index is 12.4. The number of amides is 1. The summed E-state index contributed by atoms with van der Waals surface area (Å²) in [6, 6.07) is 2.15. The fourth-order valence-corrected chi connectivity index (χ4v) is 3.97. The van der Waals surface area contributed by atoms with Gasteiger partial charge in [0.15, 0.2) is 0 Å². The summed E-state index contributed by atoms with van der Waals surface area (Å²) in [5, 5.41) is 12.6. The molecule has 0 bridgehead atoms. The van der Waals surface area contributed by atoms with E-state index in [2.05, 4.69) is 16.4 Å². The number of aryl methyl sites for hydroxylation is 1. The molecule has 2 aliphatic rings. The number of anilines is 1. The summed E-state index contributed by atoms with van der Waals surface area (Å²) in [6.07, 6.45) is 5.86. The molecule has 1 aliphatic heterocycles. The van der Waals surface area contributed by atoms with Gasteiger partial charge in [0.05, 0.1) is 31.0 Å². The standard InChI is InChI=1S/C21H24N4O3/c1-5-28-21-18-17(14-7-6-13(9-22)8-15(14)27-4)16(20(23)26)12(3)25-19(18)11(2)10-24-21/h6,8,10,14,17,25H,5,7H2,1-4H3,(H2,23,26)/t14?,17-/m1/s1. The topological polar surface area (TPSA) is 110 Å². The summed E-state index contributed by atoms with van der Waals surface area (Å²) >= 11 is 0. The van der Waals surface area contributed by atoms with Crippen molar-refractivity contribution in [3.63, 3.8) is 0 Å². The Balaban J connectivity index is 2.25. The SMILES string of the molecule is CCOc1ncc(C)c2c1[C@H](C1CC=C(C#N)C=C1OC)C(C(N)=O)=C(C)N2. The van der Waals surface area contributed by atoms with Gasteiger partial charge in [-0.25, -0.2) is 4.98 Å². The highest BCUT2D eigenvalue weighted by Gasteiger charge is 2.41. The second kappa shape index (κ2) is 7.77. The molecule has 2 heterocycles. The Labute approximate surface area is 164 Å². The summed E-state index contributed by atoms with van der Waals surface area (Å²) in [7, 11) is 1.57. The molecule has 1 amide bonds. The minimum Gasteiger partial charge on any atom is -0.501 e. The van der Waals surface area contributed by atoms with Crippen molar-refractivity contribution >= 4 is 11.6 Å². The van der Waals surface area contributed by atoms with Crippen LogP contribution in [0, 0.1) is 24.2 Å². The van der Waals surface area contributed by atoms with Crippen LogP contribution in [0.25, 0.3) is 0 Å². The van der Waals surface area contributed by atoms with Crippen molar-refractivity contribution in [1.82, 2.24) is 4.98 Å². The number of nitrogens with zero attached hydrogens (tertiary/aromatic N) is 2. The Morgan fingerprint density at radius 2 is 2.21 bits per heavy atom. The van der Waals surface area contributed by atoms with Crippen LogP contribution in [0.1, 0.15) is 37.3 Å². The predicted molar refractivity (Wildman–Crippen MR) is 105 cm³/mol. The first-order valence-electron chi connectivity index (χ1n) is 9.18. The van der Waals surface area contributed by atoms with Crippen LogP contribution in [0.5, 0.6) is 5.88 Å². The highest BCUT2D eigenvalue weighted by molar-refractivity contribution is 5.97. The van der Waals surface area contributed by atoms with E-state index in [1.165, 1.54) is 0 Å². The average Bonchev–Trinajstić information content (AvgIpc) is 2.68. The number of hydrogen-bond donors (Lipinski definition) is 2. The number of allylic oxidation sites excluding steroid dienone is 5. The first-order valence-corrected chi connectivity index (χ1v) is 9.18. The van der Waals surface area contributed by atoms with Crippen molar-refractivity contribution in [3.05, 3.63) is 52.1 Å². The summed E-state index contributed by atoms with van der Waals surface area (Å²) in [6.45, 7) is 6.12. The van der Waals surface area contributed by atoms with Crippen LogP contribution in [-0.4, -0.2) is 24.6 Å². The predicted octanol–water partition coefficient (Wildman–Crippen LogP) is 3.06. The molecule has 146 valence electrons. The van der Waals surface area contributed by atoms with Gasteiger partial charge in [0, 0.05) is 34.9 Å². The largest absolute Gasteiger partial charge is 0.501 e. The number of pyridine rings is 1. The minimum atomic E-state index is -0.505. The number of aromatic nitrogens is 1. The summed E-state index contributed by atoms with van der Waals surface area (Å²) in [4.78, 5) is 16.9. The maximum atomic E-state index is 12.4. The summed E-state index contributed by atoms with van der Waals surface area (Å²) in [5.41, 5.74) is 10.1. The number of methoxy groups -OCH3 is 1. The van der Waals surface area contributed by atoms with Crippen LogP contribution in [-0.2, 0) is 9.53 Å². The highest BCUT2D eigenvalue weighted by Crippen LogP contribution is 2.50. The van der Waals surface area contributed by atoms with Crippen LogP contribution in [0.15, 0.2) is 41.0 Å². The Kier molecular flexibility index (Phi) is 5.41. The van der Waals surface area contributed by atoms with E-state index in [0.717, 1.165) is 16.8 Å². The molecule has 3 rings (SSSR count). The molecule has 1 aliphatic carbocycles. The molecule has 7 nitrogen and oxygen atoms in total. The van der Waals surface area contributed by atoms with E-state index in [0.29, 0.717) is 41.5 Å². The Morgan fingerprint density at radius 1 is 1.46 bits per heavy atom. The van der Waals surface area contributed by atoms with Gasteiger partial charge in [-0.05, 0) is 38.8 Å². The van der Waals surface area contributed by atoms with Crippen LogP contribution in [0.3, 0.4) is 0 Å².